The monoisotopic (exact) mass is 647 g/mol. The lowest BCUT2D eigenvalue weighted by atomic mass is 9.98. The first-order chi connectivity index (χ1) is 21.8. The number of aliphatic carboxylic acids is 1. The third-order valence-electron chi connectivity index (χ3n) is 6.33. The number of rotatable bonds is 13. The van der Waals surface area contributed by atoms with Crippen molar-refractivity contribution in [3.05, 3.63) is 83.4 Å². The molecule has 11 nitrogen and oxygen atoms in total. The molecular weight excluding hydrogens is 611 g/mol. The number of hydrogen-bond donors (Lipinski definition) is 3. The number of nitrogens with zero attached hydrogens (tertiary/aromatic N) is 1. The minimum atomic E-state index is -5.08. The normalized spacial score (nSPS) is 11.8. The Kier molecular flexibility index (Phi) is 14.4. The van der Waals surface area contributed by atoms with Gasteiger partial charge in [0.15, 0.2) is 23.2 Å². The average Bonchev–Trinajstić information content (AvgIpc) is 3.03. The Balaban J connectivity index is 0.000000942. The lowest BCUT2D eigenvalue weighted by Gasteiger charge is -2.14. The van der Waals surface area contributed by atoms with Crippen molar-refractivity contribution in [2.45, 2.75) is 37.9 Å². The largest absolute Gasteiger partial charge is 0.497 e. The smallest absolute Gasteiger partial charge is 0.490 e. The summed E-state index contributed by atoms with van der Waals surface area (Å²) in [6.07, 6.45) is -3.98. The Morgan fingerprint density at radius 1 is 0.826 bits per heavy atom. The van der Waals surface area contributed by atoms with Gasteiger partial charge in [-0.15, -0.1) is 0 Å². The Morgan fingerprint density at radius 3 is 1.93 bits per heavy atom. The molecule has 0 heterocycles. The summed E-state index contributed by atoms with van der Waals surface area (Å²) in [6, 6.07) is 19.5. The van der Waals surface area contributed by atoms with E-state index in [9.17, 15) is 22.8 Å². The lowest BCUT2D eigenvalue weighted by molar-refractivity contribution is -0.192. The number of ether oxygens (including phenoxy) is 4. The number of nitrogens with two attached hydrogens (primary N) is 1. The summed E-state index contributed by atoms with van der Waals surface area (Å²) in [5.74, 6) is -0.945. The van der Waals surface area contributed by atoms with Gasteiger partial charge in [0.05, 0.1) is 34.9 Å². The minimum absolute atomic E-state index is 0.0472. The van der Waals surface area contributed by atoms with Gasteiger partial charge in [-0.1, -0.05) is 36.4 Å². The Bertz CT molecular complexity index is 1480. The molecule has 0 bridgehead atoms. The molecule has 4 N–H and O–H groups in total. The van der Waals surface area contributed by atoms with E-state index in [0.717, 1.165) is 11.1 Å². The van der Waals surface area contributed by atoms with Crippen molar-refractivity contribution in [1.82, 2.24) is 5.32 Å². The van der Waals surface area contributed by atoms with Crippen LogP contribution in [0.5, 0.6) is 23.0 Å². The number of methoxy groups -OCH3 is 4. The molecule has 1 atom stereocenters. The van der Waals surface area contributed by atoms with Gasteiger partial charge in [-0.3, -0.25) is 14.9 Å². The Labute approximate surface area is 264 Å². The fourth-order valence-electron chi connectivity index (χ4n) is 4.08. The topological polar surface area (TPSA) is 159 Å². The number of ketones is 1. The van der Waals surface area contributed by atoms with E-state index < -0.39 is 18.2 Å². The number of aryl methyl sites for hydroxylation is 1. The zero-order valence-electron chi connectivity index (χ0n) is 25.7. The molecule has 0 aromatic heterocycles. The number of aliphatic imine (C=N–C) groups is 1. The number of hydrogen-bond acceptors (Lipinski definition) is 8. The van der Waals surface area contributed by atoms with E-state index in [0.29, 0.717) is 41.4 Å². The van der Waals surface area contributed by atoms with E-state index in [2.05, 4.69) is 10.3 Å². The molecule has 0 aliphatic rings. The molecule has 3 rings (SSSR count). The van der Waals surface area contributed by atoms with Crippen molar-refractivity contribution in [1.29, 1.82) is 0 Å². The molecule has 0 fully saturated rings. The SMILES string of the molecule is COc1cc(CCC(=O)[C@@H](Cc2ccccc2)N=C(N)NC(=O)Cc2ccc(OC)c(OC)c2)cc(OC)c1.O=C(O)C(F)(F)F. The third-order valence-corrected chi connectivity index (χ3v) is 6.33. The molecule has 0 saturated carbocycles. The summed E-state index contributed by atoms with van der Waals surface area (Å²) in [5.41, 5.74) is 8.64. The van der Waals surface area contributed by atoms with Crippen LogP contribution in [-0.2, 0) is 33.6 Å². The van der Waals surface area contributed by atoms with E-state index in [1.54, 1.807) is 45.6 Å². The van der Waals surface area contributed by atoms with Crippen LogP contribution in [-0.4, -0.2) is 69.4 Å². The zero-order valence-corrected chi connectivity index (χ0v) is 25.7. The number of carbonyl (C=O) groups excluding carboxylic acids is 2. The molecule has 0 aliphatic heterocycles. The Hall–Kier alpha value is -5.27. The van der Waals surface area contributed by atoms with Crippen molar-refractivity contribution in [3.8, 4) is 23.0 Å². The number of carbonyl (C=O) groups is 3. The van der Waals surface area contributed by atoms with Crippen LogP contribution in [0.3, 0.4) is 0 Å². The van der Waals surface area contributed by atoms with Crippen molar-refractivity contribution in [2.75, 3.05) is 28.4 Å². The highest BCUT2D eigenvalue weighted by molar-refractivity contribution is 5.98. The fraction of sp³-hybridized carbons (Fsp3) is 0.312. The molecule has 248 valence electrons. The zero-order chi connectivity index (χ0) is 34.3. The average molecular weight is 648 g/mol. The second-order valence-electron chi connectivity index (χ2n) is 9.62. The molecule has 0 aliphatic carbocycles. The van der Waals surface area contributed by atoms with Gasteiger partial charge in [0.1, 0.15) is 17.5 Å². The number of nitrogens with one attached hydrogen (secondary N) is 1. The highest BCUT2D eigenvalue weighted by atomic mass is 19.4. The molecular formula is C32H36F3N3O8. The first kappa shape index (κ1) is 36.9. The fourth-order valence-corrected chi connectivity index (χ4v) is 4.08. The van der Waals surface area contributed by atoms with Crippen molar-refractivity contribution in [3.63, 3.8) is 0 Å². The molecule has 1 amide bonds. The van der Waals surface area contributed by atoms with Crippen LogP contribution in [0.2, 0.25) is 0 Å². The lowest BCUT2D eigenvalue weighted by Crippen LogP contribution is -2.40. The van der Waals surface area contributed by atoms with Gasteiger partial charge in [0.25, 0.3) is 0 Å². The maximum atomic E-state index is 13.3. The standard InChI is InChI=1S/C30H35N3O6.C2HF3O2/c1-36-23-14-21(15-24(19-23)37-2)10-12-26(34)25(16-20-8-6-5-7-9-20)32-30(31)33-29(35)18-22-11-13-27(38-3)28(17-22)39-4;3-2(4,5)1(6)7/h5-9,11,13-15,17,19,25H,10,12,16,18H2,1-4H3,(H3,31,32,33,35);(H,6,7)/t25-;/m1./s1. The minimum Gasteiger partial charge on any atom is -0.497 e. The number of halogens is 3. The van der Waals surface area contributed by atoms with Crippen molar-refractivity contribution < 1.29 is 51.6 Å². The van der Waals surface area contributed by atoms with Gasteiger partial charge in [-0.25, -0.2) is 9.79 Å². The summed E-state index contributed by atoms with van der Waals surface area (Å²) in [6.45, 7) is 0. The summed E-state index contributed by atoms with van der Waals surface area (Å²) in [7, 11) is 6.23. The maximum absolute atomic E-state index is 13.3. The number of carboxylic acids is 1. The van der Waals surface area contributed by atoms with E-state index in [1.165, 1.54) is 7.11 Å². The second kappa shape index (κ2) is 17.9. The molecule has 0 saturated heterocycles. The highest BCUT2D eigenvalue weighted by Gasteiger charge is 2.38. The van der Waals surface area contributed by atoms with Gasteiger partial charge < -0.3 is 29.8 Å². The number of carboxylic acid groups (broad SMARTS) is 1. The molecule has 0 unspecified atom stereocenters. The molecule has 14 heteroatoms. The molecule has 3 aromatic rings. The summed E-state index contributed by atoms with van der Waals surface area (Å²) in [4.78, 5) is 39.3. The van der Waals surface area contributed by atoms with Crippen LogP contribution in [0, 0.1) is 0 Å². The van der Waals surface area contributed by atoms with Gasteiger partial charge in [-0.05, 0) is 47.4 Å². The predicted octanol–water partition coefficient (Wildman–Crippen LogP) is 4.14. The number of guanidine groups is 1. The van der Waals surface area contributed by atoms with Crippen LogP contribution < -0.4 is 30.0 Å². The van der Waals surface area contributed by atoms with Crippen molar-refractivity contribution in [2.24, 2.45) is 10.7 Å². The number of amides is 1. The van der Waals surface area contributed by atoms with Gasteiger partial charge >= 0.3 is 12.1 Å². The van der Waals surface area contributed by atoms with Crippen LogP contribution >= 0.6 is 0 Å². The van der Waals surface area contributed by atoms with Crippen LogP contribution in [0.1, 0.15) is 23.1 Å². The second-order valence-corrected chi connectivity index (χ2v) is 9.62. The first-order valence-corrected chi connectivity index (χ1v) is 13.7. The molecule has 46 heavy (non-hydrogen) atoms. The van der Waals surface area contributed by atoms with Crippen LogP contribution in [0.25, 0.3) is 0 Å². The number of benzene rings is 3. The van der Waals surface area contributed by atoms with E-state index in [4.69, 9.17) is 34.6 Å². The van der Waals surface area contributed by atoms with Crippen LogP contribution in [0.4, 0.5) is 13.2 Å². The van der Waals surface area contributed by atoms with Crippen LogP contribution in [0.15, 0.2) is 71.7 Å². The molecule has 0 radical (unpaired) electrons. The summed E-state index contributed by atoms with van der Waals surface area (Å²) < 4.78 is 52.9. The third kappa shape index (κ3) is 12.4. The number of alkyl halides is 3. The van der Waals surface area contributed by atoms with E-state index in [-0.39, 0.29) is 30.5 Å². The quantitative estimate of drug-likeness (QED) is 0.183. The van der Waals surface area contributed by atoms with Gasteiger partial charge in [0.2, 0.25) is 5.91 Å². The highest BCUT2D eigenvalue weighted by Crippen LogP contribution is 2.28. The van der Waals surface area contributed by atoms with E-state index >= 15 is 0 Å². The number of Topliss-reactive ketones (excluding diaryl/α,β-unsaturated/α-hetero) is 1. The van der Waals surface area contributed by atoms with Gasteiger partial charge in [-0.2, -0.15) is 13.2 Å². The molecule has 3 aromatic carbocycles. The van der Waals surface area contributed by atoms with Gasteiger partial charge in [0, 0.05) is 18.9 Å². The Morgan fingerprint density at radius 2 is 1.41 bits per heavy atom. The maximum Gasteiger partial charge on any atom is 0.490 e. The summed E-state index contributed by atoms with van der Waals surface area (Å²) in [5, 5.41) is 9.73. The molecule has 0 spiro atoms. The van der Waals surface area contributed by atoms with Crippen molar-refractivity contribution >= 4 is 23.6 Å². The first-order valence-electron chi connectivity index (χ1n) is 13.7. The summed E-state index contributed by atoms with van der Waals surface area (Å²) >= 11 is 0. The van der Waals surface area contributed by atoms with E-state index in [1.807, 2.05) is 42.5 Å². The predicted molar refractivity (Wildman–Crippen MR) is 164 cm³/mol.